The molecule has 0 fully saturated rings. The molecule has 104 valence electrons. The van der Waals surface area contributed by atoms with Crippen molar-refractivity contribution in [2.45, 2.75) is 19.3 Å². The Morgan fingerprint density at radius 3 is 2.45 bits per heavy atom. The van der Waals surface area contributed by atoms with Gasteiger partial charge in [0.1, 0.15) is 0 Å². The third kappa shape index (κ3) is 3.32. The third-order valence-electron chi connectivity index (χ3n) is 3.00. The van der Waals surface area contributed by atoms with E-state index in [1.54, 1.807) is 0 Å². The van der Waals surface area contributed by atoms with Gasteiger partial charge in [0.25, 0.3) is 0 Å². The van der Waals surface area contributed by atoms with Crippen molar-refractivity contribution in [3.05, 3.63) is 48.3 Å². The molecule has 1 N–H and O–H groups in total. The molecule has 1 atom stereocenters. The molecule has 0 aliphatic rings. The van der Waals surface area contributed by atoms with Crippen LogP contribution in [-0.4, -0.2) is 23.0 Å². The van der Waals surface area contributed by atoms with Gasteiger partial charge in [0.15, 0.2) is 0 Å². The molecule has 20 heavy (non-hydrogen) atoms. The van der Waals surface area contributed by atoms with E-state index in [2.05, 4.69) is 15.3 Å². The maximum Gasteiger partial charge on any atom is 0.316 e. The minimum atomic E-state index is -0.182. The fraction of sp³-hybridized carbons (Fsp3) is 0.267. The Hall–Kier alpha value is -2.43. The van der Waals surface area contributed by atoms with E-state index in [9.17, 15) is 4.79 Å². The molecule has 5 nitrogen and oxygen atoms in total. The number of hydrogen-bond acceptors (Lipinski definition) is 4. The first-order valence-corrected chi connectivity index (χ1v) is 6.46. The number of benzene rings is 1. The van der Waals surface area contributed by atoms with Crippen LogP contribution in [0.2, 0.25) is 0 Å². The number of nitrogens with zero attached hydrogens (tertiary/aromatic N) is 2. The van der Waals surface area contributed by atoms with Crippen LogP contribution in [0.25, 0.3) is 0 Å². The van der Waals surface area contributed by atoms with Crippen molar-refractivity contribution < 1.29 is 9.53 Å². The Balaban J connectivity index is 2.09. The van der Waals surface area contributed by atoms with Crippen molar-refractivity contribution in [1.82, 2.24) is 9.97 Å². The molecule has 1 heterocycles. The average molecular weight is 271 g/mol. The lowest BCUT2D eigenvalue weighted by molar-refractivity contribution is -0.117. The van der Waals surface area contributed by atoms with Crippen LogP contribution in [0.1, 0.15) is 24.8 Å². The molecule has 5 heteroatoms. The normalized spacial score (nSPS) is 11.7. The molecule has 1 amide bonds. The number of rotatable bonds is 5. The van der Waals surface area contributed by atoms with Gasteiger partial charge in [-0.1, -0.05) is 37.3 Å². The Morgan fingerprint density at radius 1 is 1.25 bits per heavy atom. The molecule has 0 bridgehead atoms. The number of hydrogen-bond donors (Lipinski definition) is 1. The maximum absolute atomic E-state index is 12.3. The van der Waals surface area contributed by atoms with Crippen LogP contribution in [0, 0.1) is 0 Å². The zero-order chi connectivity index (χ0) is 14.4. The largest absolute Gasteiger partial charge is 0.467 e. The second kappa shape index (κ2) is 6.65. The van der Waals surface area contributed by atoms with Gasteiger partial charge in [-0.05, 0) is 12.0 Å². The number of anilines is 1. The van der Waals surface area contributed by atoms with Crippen LogP contribution in [-0.2, 0) is 4.79 Å². The summed E-state index contributed by atoms with van der Waals surface area (Å²) in [5.74, 6) is -0.245. The summed E-state index contributed by atoms with van der Waals surface area (Å²) in [5.41, 5.74) is 1.56. The van der Waals surface area contributed by atoms with Crippen LogP contribution in [0.3, 0.4) is 0 Å². The standard InChI is InChI=1S/C15H17N3O2/c1-3-13(11-7-5-4-6-8-11)14(19)18-12-9-16-15(20-2)17-10-12/h4-10,13H,3H2,1-2H3,(H,18,19)/t13-/m1/s1. The van der Waals surface area contributed by atoms with E-state index < -0.39 is 0 Å². The van der Waals surface area contributed by atoms with Gasteiger partial charge in [0, 0.05) is 0 Å². The first-order valence-electron chi connectivity index (χ1n) is 6.46. The Labute approximate surface area is 118 Å². The number of aromatic nitrogens is 2. The van der Waals surface area contributed by atoms with E-state index in [1.165, 1.54) is 19.5 Å². The molecule has 0 aliphatic heterocycles. The van der Waals surface area contributed by atoms with Gasteiger partial charge in [0.2, 0.25) is 5.91 Å². The second-order valence-corrected chi connectivity index (χ2v) is 4.32. The van der Waals surface area contributed by atoms with Crippen molar-refractivity contribution in [2.24, 2.45) is 0 Å². The fourth-order valence-electron chi connectivity index (χ4n) is 1.97. The summed E-state index contributed by atoms with van der Waals surface area (Å²) in [6.45, 7) is 1.99. The monoisotopic (exact) mass is 271 g/mol. The quantitative estimate of drug-likeness (QED) is 0.908. The van der Waals surface area contributed by atoms with E-state index in [1.807, 2.05) is 37.3 Å². The minimum Gasteiger partial charge on any atom is -0.467 e. The van der Waals surface area contributed by atoms with Crippen molar-refractivity contribution in [3.63, 3.8) is 0 Å². The number of amides is 1. The predicted octanol–water partition coefficient (Wildman–Crippen LogP) is 2.62. The number of carbonyl (C=O) groups excluding carboxylic acids is 1. The zero-order valence-corrected chi connectivity index (χ0v) is 11.5. The number of methoxy groups -OCH3 is 1. The lowest BCUT2D eigenvalue weighted by atomic mass is 9.95. The third-order valence-corrected chi connectivity index (χ3v) is 3.00. The second-order valence-electron chi connectivity index (χ2n) is 4.32. The highest BCUT2D eigenvalue weighted by atomic mass is 16.5. The molecule has 0 saturated heterocycles. The Bertz CT molecular complexity index is 555. The molecule has 1 aromatic heterocycles. The summed E-state index contributed by atoms with van der Waals surface area (Å²) < 4.78 is 4.88. The molecular formula is C15H17N3O2. The predicted molar refractivity (Wildman–Crippen MR) is 76.7 cm³/mol. The topological polar surface area (TPSA) is 64.1 Å². The van der Waals surface area contributed by atoms with Gasteiger partial charge in [-0.3, -0.25) is 4.79 Å². The highest BCUT2D eigenvalue weighted by molar-refractivity contribution is 5.95. The van der Waals surface area contributed by atoms with E-state index >= 15 is 0 Å². The molecule has 2 aromatic rings. The molecule has 2 rings (SSSR count). The summed E-state index contributed by atoms with van der Waals surface area (Å²) in [5, 5.41) is 2.82. The minimum absolute atomic E-state index is 0.0625. The van der Waals surface area contributed by atoms with Gasteiger partial charge in [-0.15, -0.1) is 0 Å². The molecule has 0 spiro atoms. The van der Waals surface area contributed by atoms with Crippen LogP contribution in [0.5, 0.6) is 6.01 Å². The van der Waals surface area contributed by atoms with Crippen LogP contribution in [0.4, 0.5) is 5.69 Å². The summed E-state index contributed by atoms with van der Waals surface area (Å²) in [7, 11) is 1.50. The Kier molecular flexibility index (Phi) is 4.65. The van der Waals surface area contributed by atoms with Crippen molar-refractivity contribution in [2.75, 3.05) is 12.4 Å². The summed E-state index contributed by atoms with van der Waals surface area (Å²) >= 11 is 0. The summed E-state index contributed by atoms with van der Waals surface area (Å²) in [4.78, 5) is 20.2. The molecule has 0 unspecified atom stereocenters. The van der Waals surface area contributed by atoms with Gasteiger partial charge in [0.05, 0.1) is 31.1 Å². The molecular weight excluding hydrogens is 254 g/mol. The van der Waals surface area contributed by atoms with E-state index in [0.29, 0.717) is 5.69 Å². The van der Waals surface area contributed by atoms with Gasteiger partial charge in [-0.25, -0.2) is 9.97 Å². The van der Waals surface area contributed by atoms with Crippen LogP contribution < -0.4 is 10.1 Å². The first kappa shape index (κ1) is 14.0. The number of ether oxygens (including phenoxy) is 1. The maximum atomic E-state index is 12.3. The average Bonchev–Trinajstić information content (AvgIpc) is 2.50. The summed E-state index contributed by atoms with van der Waals surface area (Å²) in [6.07, 6.45) is 3.79. The molecule has 0 radical (unpaired) electrons. The zero-order valence-electron chi connectivity index (χ0n) is 11.5. The van der Waals surface area contributed by atoms with Crippen molar-refractivity contribution >= 4 is 11.6 Å². The highest BCUT2D eigenvalue weighted by Gasteiger charge is 2.18. The Morgan fingerprint density at radius 2 is 1.90 bits per heavy atom. The van der Waals surface area contributed by atoms with Gasteiger partial charge >= 0.3 is 6.01 Å². The van der Waals surface area contributed by atoms with Crippen molar-refractivity contribution in [3.8, 4) is 6.01 Å². The SMILES string of the molecule is CC[C@@H](C(=O)Nc1cnc(OC)nc1)c1ccccc1. The molecule has 0 aliphatic carbocycles. The highest BCUT2D eigenvalue weighted by Crippen LogP contribution is 2.21. The lowest BCUT2D eigenvalue weighted by Crippen LogP contribution is -2.20. The van der Waals surface area contributed by atoms with Gasteiger partial charge in [-0.2, -0.15) is 0 Å². The van der Waals surface area contributed by atoms with E-state index in [-0.39, 0.29) is 17.8 Å². The molecule has 1 aromatic carbocycles. The summed E-state index contributed by atoms with van der Waals surface area (Å²) in [6, 6.07) is 9.99. The fourth-order valence-corrected chi connectivity index (χ4v) is 1.97. The van der Waals surface area contributed by atoms with E-state index in [0.717, 1.165) is 12.0 Å². The first-order chi connectivity index (χ1) is 9.74. The lowest BCUT2D eigenvalue weighted by Gasteiger charge is -2.15. The number of nitrogens with one attached hydrogen (secondary N) is 1. The smallest absolute Gasteiger partial charge is 0.316 e. The molecule has 0 saturated carbocycles. The van der Waals surface area contributed by atoms with E-state index in [4.69, 9.17) is 4.74 Å². The van der Waals surface area contributed by atoms with Gasteiger partial charge < -0.3 is 10.1 Å². The van der Waals surface area contributed by atoms with Crippen LogP contribution >= 0.6 is 0 Å². The van der Waals surface area contributed by atoms with Crippen LogP contribution in [0.15, 0.2) is 42.7 Å². The van der Waals surface area contributed by atoms with Crippen molar-refractivity contribution in [1.29, 1.82) is 0 Å². The number of carbonyl (C=O) groups is 1.